The second-order valence-electron chi connectivity index (χ2n) is 6.98. The molecule has 2 aromatic rings. The Hall–Kier alpha value is -2.83. The Kier molecular flexibility index (Phi) is 7.46. The predicted octanol–water partition coefficient (Wildman–Crippen LogP) is 2.15. The molecule has 7 heteroatoms. The Labute approximate surface area is 166 Å². The molecular weight excluding hydrogens is 352 g/mol. The average molecular weight is 383 g/mol. The van der Waals surface area contributed by atoms with Gasteiger partial charge in [-0.15, -0.1) is 0 Å². The van der Waals surface area contributed by atoms with Gasteiger partial charge in [0.25, 0.3) is 0 Å². The summed E-state index contributed by atoms with van der Waals surface area (Å²) >= 11 is 0. The number of carbonyl (C=O) groups is 1. The SMILES string of the molecule is CCNC(=NCc1cccc(CN2CCCC2=O)c1)NCCCn1cccn1. The van der Waals surface area contributed by atoms with Gasteiger partial charge in [0, 0.05) is 51.5 Å². The molecule has 0 saturated carbocycles. The number of aromatic nitrogens is 2. The van der Waals surface area contributed by atoms with Crippen molar-refractivity contribution >= 4 is 11.9 Å². The van der Waals surface area contributed by atoms with Gasteiger partial charge in [0.05, 0.1) is 6.54 Å². The normalized spacial score (nSPS) is 14.5. The number of aryl methyl sites for hydroxylation is 1. The van der Waals surface area contributed by atoms with Crippen molar-refractivity contribution < 1.29 is 4.79 Å². The van der Waals surface area contributed by atoms with Crippen LogP contribution in [0.25, 0.3) is 0 Å². The number of aliphatic imine (C=N–C) groups is 1. The number of guanidine groups is 1. The Morgan fingerprint density at radius 1 is 1.25 bits per heavy atom. The first-order chi connectivity index (χ1) is 13.7. The zero-order valence-electron chi connectivity index (χ0n) is 16.6. The summed E-state index contributed by atoms with van der Waals surface area (Å²) in [6, 6.07) is 10.3. The molecule has 0 spiro atoms. The van der Waals surface area contributed by atoms with Crippen molar-refractivity contribution in [2.45, 2.75) is 45.8 Å². The fourth-order valence-corrected chi connectivity index (χ4v) is 3.31. The smallest absolute Gasteiger partial charge is 0.222 e. The zero-order valence-corrected chi connectivity index (χ0v) is 16.6. The number of carbonyl (C=O) groups excluding carboxylic acids is 1. The lowest BCUT2D eigenvalue weighted by Gasteiger charge is -2.16. The maximum Gasteiger partial charge on any atom is 0.222 e. The molecule has 1 amide bonds. The summed E-state index contributed by atoms with van der Waals surface area (Å²) in [5.41, 5.74) is 2.32. The Bertz CT molecular complexity index is 771. The van der Waals surface area contributed by atoms with Crippen LogP contribution in [-0.2, 0) is 24.4 Å². The monoisotopic (exact) mass is 382 g/mol. The van der Waals surface area contributed by atoms with Crippen LogP contribution in [0.4, 0.5) is 0 Å². The number of hydrogen-bond acceptors (Lipinski definition) is 3. The molecule has 0 radical (unpaired) electrons. The Morgan fingerprint density at radius 2 is 2.14 bits per heavy atom. The summed E-state index contributed by atoms with van der Waals surface area (Å²) in [7, 11) is 0. The highest BCUT2D eigenvalue weighted by Crippen LogP contribution is 2.15. The molecule has 1 aliphatic heterocycles. The molecule has 1 aliphatic rings. The quantitative estimate of drug-likeness (QED) is 0.396. The van der Waals surface area contributed by atoms with E-state index in [0.717, 1.165) is 50.5 Å². The van der Waals surface area contributed by atoms with E-state index in [1.807, 2.05) is 27.9 Å². The fraction of sp³-hybridized carbons (Fsp3) is 0.476. The minimum Gasteiger partial charge on any atom is -0.357 e. The summed E-state index contributed by atoms with van der Waals surface area (Å²) in [4.78, 5) is 18.5. The first-order valence-electron chi connectivity index (χ1n) is 10.1. The van der Waals surface area contributed by atoms with Crippen molar-refractivity contribution in [2.75, 3.05) is 19.6 Å². The van der Waals surface area contributed by atoms with E-state index in [4.69, 9.17) is 4.99 Å². The molecule has 150 valence electrons. The van der Waals surface area contributed by atoms with E-state index in [-0.39, 0.29) is 5.91 Å². The van der Waals surface area contributed by atoms with Gasteiger partial charge in [0.15, 0.2) is 5.96 Å². The fourth-order valence-electron chi connectivity index (χ4n) is 3.31. The van der Waals surface area contributed by atoms with Gasteiger partial charge in [0.2, 0.25) is 5.91 Å². The molecule has 7 nitrogen and oxygen atoms in total. The van der Waals surface area contributed by atoms with Crippen LogP contribution in [-0.4, -0.2) is 46.2 Å². The average Bonchev–Trinajstić information content (AvgIpc) is 3.36. The summed E-state index contributed by atoms with van der Waals surface area (Å²) < 4.78 is 1.93. The van der Waals surface area contributed by atoms with Gasteiger partial charge in [-0.25, -0.2) is 4.99 Å². The summed E-state index contributed by atoms with van der Waals surface area (Å²) in [6.45, 7) is 6.78. The zero-order chi connectivity index (χ0) is 19.6. The van der Waals surface area contributed by atoms with Crippen molar-refractivity contribution in [2.24, 2.45) is 4.99 Å². The van der Waals surface area contributed by atoms with Crippen LogP contribution in [0.15, 0.2) is 47.7 Å². The number of benzene rings is 1. The molecule has 28 heavy (non-hydrogen) atoms. The van der Waals surface area contributed by atoms with E-state index in [9.17, 15) is 4.79 Å². The van der Waals surface area contributed by atoms with Crippen LogP contribution in [0.2, 0.25) is 0 Å². The molecule has 1 saturated heterocycles. The third kappa shape index (κ3) is 6.11. The lowest BCUT2D eigenvalue weighted by molar-refractivity contribution is -0.128. The second kappa shape index (κ2) is 10.5. The molecule has 0 atom stereocenters. The van der Waals surface area contributed by atoms with Gasteiger partial charge in [-0.2, -0.15) is 5.10 Å². The lowest BCUT2D eigenvalue weighted by Crippen LogP contribution is -2.38. The Balaban J connectivity index is 1.50. The highest BCUT2D eigenvalue weighted by molar-refractivity contribution is 5.79. The number of amides is 1. The minimum absolute atomic E-state index is 0.261. The molecular formula is C21H30N6O. The van der Waals surface area contributed by atoms with Crippen LogP contribution < -0.4 is 10.6 Å². The van der Waals surface area contributed by atoms with Gasteiger partial charge in [-0.1, -0.05) is 24.3 Å². The van der Waals surface area contributed by atoms with Crippen LogP contribution in [0.3, 0.4) is 0 Å². The van der Waals surface area contributed by atoms with Crippen LogP contribution in [0, 0.1) is 0 Å². The van der Waals surface area contributed by atoms with Crippen LogP contribution in [0.5, 0.6) is 0 Å². The minimum atomic E-state index is 0.261. The molecule has 2 heterocycles. The topological polar surface area (TPSA) is 74.6 Å². The molecule has 1 aromatic heterocycles. The van der Waals surface area contributed by atoms with E-state index in [0.29, 0.717) is 19.5 Å². The van der Waals surface area contributed by atoms with Crippen molar-refractivity contribution in [3.63, 3.8) is 0 Å². The van der Waals surface area contributed by atoms with E-state index >= 15 is 0 Å². The van der Waals surface area contributed by atoms with E-state index < -0.39 is 0 Å². The molecule has 1 fully saturated rings. The summed E-state index contributed by atoms with van der Waals surface area (Å²) in [5, 5.41) is 10.9. The van der Waals surface area contributed by atoms with Gasteiger partial charge < -0.3 is 15.5 Å². The first kappa shape index (κ1) is 19.9. The van der Waals surface area contributed by atoms with Gasteiger partial charge >= 0.3 is 0 Å². The summed E-state index contributed by atoms with van der Waals surface area (Å²) in [6.07, 6.45) is 6.41. The maximum atomic E-state index is 11.8. The highest BCUT2D eigenvalue weighted by atomic mass is 16.2. The molecule has 2 N–H and O–H groups in total. The van der Waals surface area contributed by atoms with Gasteiger partial charge in [0.1, 0.15) is 0 Å². The third-order valence-electron chi connectivity index (χ3n) is 4.72. The molecule has 0 bridgehead atoms. The van der Waals surface area contributed by atoms with Crippen molar-refractivity contribution in [3.8, 4) is 0 Å². The van der Waals surface area contributed by atoms with E-state index in [1.54, 1.807) is 6.20 Å². The first-order valence-corrected chi connectivity index (χ1v) is 10.1. The summed E-state index contributed by atoms with van der Waals surface area (Å²) in [5.74, 6) is 1.08. The van der Waals surface area contributed by atoms with Crippen molar-refractivity contribution in [1.82, 2.24) is 25.3 Å². The lowest BCUT2D eigenvalue weighted by atomic mass is 10.1. The van der Waals surface area contributed by atoms with E-state index in [2.05, 4.69) is 40.9 Å². The highest BCUT2D eigenvalue weighted by Gasteiger charge is 2.19. The second-order valence-corrected chi connectivity index (χ2v) is 6.98. The Morgan fingerprint density at radius 3 is 2.89 bits per heavy atom. The standard InChI is InChI=1S/C21H30N6O/c1-2-22-21(23-10-5-13-27-14-6-11-25-27)24-16-18-7-3-8-19(15-18)17-26-12-4-9-20(26)28/h3,6-8,11,14-15H,2,4-5,9-10,12-13,16-17H2,1H3,(H2,22,23,24). The van der Waals surface area contributed by atoms with Gasteiger partial charge in [-0.05, 0) is 37.0 Å². The van der Waals surface area contributed by atoms with Gasteiger partial charge in [-0.3, -0.25) is 9.48 Å². The number of nitrogens with one attached hydrogen (secondary N) is 2. The number of likely N-dealkylation sites (tertiary alicyclic amines) is 1. The molecule has 0 aliphatic carbocycles. The predicted molar refractivity (Wildman–Crippen MR) is 111 cm³/mol. The molecule has 1 aromatic carbocycles. The maximum absolute atomic E-state index is 11.8. The van der Waals surface area contributed by atoms with E-state index in [1.165, 1.54) is 5.56 Å². The molecule has 0 unspecified atom stereocenters. The number of nitrogens with zero attached hydrogens (tertiary/aromatic N) is 4. The van der Waals surface area contributed by atoms with Crippen LogP contribution in [0.1, 0.15) is 37.3 Å². The van der Waals surface area contributed by atoms with Crippen molar-refractivity contribution in [1.29, 1.82) is 0 Å². The third-order valence-corrected chi connectivity index (χ3v) is 4.72. The molecule has 3 rings (SSSR count). The number of rotatable bonds is 9. The van der Waals surface area contributed by atoms with Crippen LogP contribution >= 0.6 is 0 Å². The largest absolute Gasteiger partial charge is 0.357 e. The number of hydrogen-bond donors (Lipinski definition) is 2. The van der Waals surface area contributed by atoms with Crippen molar-refractivity contribution in [3.05, 3.63) is 53.9 Å².